The van der Waals surface area contributed by atoms with Crippen molar-refractivity contribution in [3.8, 4) is 0 Å². The Balaban J connectivity index is 1.89. The molecule has 0 atom stereocenters. The minimum absolute atomic E-state index is 0.0130. The largest absolute Gasteiger partial charge is 0.476 e. The Bertz CT molecular complexity index is 644. The lowest BCUT2D eigenvalue weighted by Crippen LogP contribution is -2.15. The summed E-state index contributed by atoms with van der Waals surface area (Å²) in [5.74, 6) is -2.09. The number of halogens is 1. The van der Waals surface area contributed by atoms with Crippen molar-refractivity contribution in [3.63, 3.8) is 0 Å². The van der Waals surface area contributed by atoms with Crippen molar-refractivity contribution in [2.45, 2.75) is 5.16 Å². The number of rotatable bonds is 5. The van der Waals surface area contributed by atoms with Gasteiger partial charge in [0.2, 0.25) is 5.91 Å². The van der Waals surface area contributed by atoms with Crippen molar-refractivity contribution in [1.29, 1.82) is 0 Å². The van der Waals surface area contributed by atoms with Crippen LogP contribution in [-0.4, -0.2) is 32.7 Å². The smallest absolute Gasteiger partial charge is 0.356 e. The number of carbonyl (C=O) groups excluding carboxylic acids is 1. The lowest BCUT2D eigenvalue weighted by molar-refractivity contribution is -0.113. The first-order valence-electron chi connectivity index (χ1n) is 5.52. The Hall–Kier alpha value is -2.35. The number of aromatic carboxylic acids is 1. The van der Waals surface area contributed by atoms with Crippen molar-refractivity contribution in [3.05, 3.63) is 42.0 Å². The Kier molecular flexibility index (Phi) is 4.36. The maximum absolute atomic E-state index is 13.3. The van der Waals surface area contributed by atoms with Crippen LogP contribution >= 0.6 is 11.8 Å². The van der Waals surface area contributed by atoms with Crippen molar-refractivity contribution < 1.29 is 19.1 Å². The molecule has 1 aromatic carbocycles. The molecule has 0 aliphatic carbocycles. The van der Waals surface area contributed by atoms with Crippen LogP contribution in [0.1, 0.15) is 10.5 Å². The topological polar surface area (TPSA) is 95.1 Å². The number of aromatic amines is 1. The number of aromatic nitrogens is 2. The number of hydrogen-bond donors (Lipinski definition) is 3. The summed E-state index contributed by atoms with van der Waals surface area (Å²) in [5.41, 5.74) is -0.0224. The average molecular weight is 295 g/mol. The summed E-state index contributed by atoms with van der Waals surface area (Å²) >= 11 is 1.03. The first-order valence-corrected chi connectivity index (χ1v) is 6.50. The zero-order valence-corrected chi connectivity index (χ0v) is 10.9. The van der Waals surface area contributed by atoms with Crippen LogP contribution in [-0.2, 0) is 4.79 Å². The van der Waals surface area contributed by atoms with Crippen LogP contribution in [0.15, 0.2) is 35.6 Å². The van der Waals surface area contributed by atoms with E-state index < -0.39 is 17.7 Å². The number of para-hydroxylation sites is 1. The summed E-state index contributed by atoms with van der Waals surface area (Å²) in [7, 11) is 0. The van der Waals surface area contributed by atoms with Crippen LogP contribution in [0.2, 0.25) is 0 Å². The minimum atomic E-state index is -1.15. The third-order valence-electron chi connectivity index (χ3n) is 2.26. The fourth-order valence-corrected chi connectivity index (χ4v) is 2.02. The molecule has 3 N–H and O–H groups in total. The fourth-order valence-electron chi connectivity index (χ4n) is 1.37. The zero-order valence-electron chi connectivity index (χ0n) is 10.1. The number of H-pyrrole nitrogens is 1. The lowest BCUT2D eigenvalue weighted by atomic mass is 10.3. The third-order valence-corrected chi connectivity index (χ3v) is 3.15. The molecule has 8 heteroatoms. The highest BCUT2D eigenvalue weighted by Crippen LogP contribution is 2.16. The van der Waals surface area contributed by atoms with Gasteiger partial charge in [-0.25, -0.2) is 14.2 Å². The van der Waals surface area contributed by atoms with E-state index in [0.717, 1.165) is 11.8 Å². The SMILES string of the molecule is O=C(CSc1nc(C(=O)O)c[nH]1)Nc1ccccc1F. The molecule has 1 amide bonds. The van der Waals surface area contributed by atoms with Crippen LogP contribution in [0.25, 0.3) is 0 Å². The van der Waals surface area contributed by atoms with Crippen LogP contribution in [0.5, 0.6) is 0 Å². The van der Waals surface area contributed by atoms with Gasteiger partial charge in [0.1, 0.15) is 5.82 Å². The molecule has 1 aromatic heterocycles. The molecular weight excluding hydrogens is 285 g/mol. The van der Waals surface area contributed by atoms with Gasteiger partial charge in [-0.05, 0) is 12.1 Å². The first kappa shape index (κ1) is 14.1. The van der Waals surface area contributed by atoms with E-state index in [2.05, 4.69) is 15.3 Å². The number of hydrogen-bond acceptors (Lipinski definition) is 4. The number of thioether (sulfide) groups is 1. The molecule has 20 heavy (non-hydrogen) atoms. The lowest BCUT2D eigenvalue weighted by Gasteiger charge is -2.04. The molecule has 6 nitrogen and oxygen atoms in total. The summed E-state index contributed by atoms with van der Waals surface area (Å²) in [6.07, 6.45) is 1.24. The number of anilines is 1. The number of amides is 1. The average Bonchev–Trinajstić information content (AvgIpc) is 2.88. The summed E-state index contributed by atoms with van der Waals surface area (Å²) < 4.78 is 13.3. The summed E-state index contributed by atoms with van der Waals surface area (Å²) in [6.45, 7) is 0. The molecule has 2 aromatic rings. The monoisotopic (exact) mass is 295 g/mol. The summed E-state index contributed by atoms with van der Waals surface area (Å²) in [5, 5.41) is 11.4. The predicted octanol–water partition coefficient (Wildman–Crippen LogP) is 1.98. The standard InChI is InChI=1S/C12H10FN3O3S/c13-7-3-1-2-4-8(7)15-10(17)6-20-12-14-5-9(16-12)11(18)19/h1-5H,6H2,(H,14,16)(H,15,17)(H,18,19). The van der Waals surface area contributed by atoms with Crippen LogP contribution in [0, 0.1) is 5.82 Å². The molecule has 0 aliphatic rings. The molecule has 0 radical (unpaired) electrons. The maximum Gasteiger partial charge on any atom is 0.356 e. The molecule has 0 saturated carbocycles. The van der Waals surface area contributed by atoms with Crippen molar-refractivity contribution >= 4 is 29.3 Å². The van der Waals surface area contributed by atoms with Gasteiger partial charge in [-0.3, -0.25) is 4.79 Å². The van der Waals surface area contributed by atoms with E-state index in [0.29, 0.717) is 5.16 Å². The van der Waals surface area contributed by atoms with Gasteiger partial charge >= 0.3 is 5.97 Å². The quantitative estimate of drug-likeness (QED) is 0.733. The number of carbonyl (C=O) groups is 2. The minimum Gasteiger partial charge on any atom is -0.476 e. The second kappa shape index (κ2) is 6.20. The van der Waals surface area contributed by atoms with Crippen LogP contribution in [0.4, 0.5) is 10.1 Å². The van der Waals surface area contributed by atoms with Gasteiger partial charge < -0.3 is 15.4 Å². The predicted molar refractivity (Wildman–Crippen MR) is 71.3 cm³/mol. The molecule has 0 spiro atoms. The van der Waals surface area contributed by atoms with Gasteiger partial charge in [-0.1, -0.05) is 23.9 Å². The van der Waals surface area contributed by atoms with E-state index in [1.54, 1.807) is 6.07 Å². The van der Waals surface area contributed by atoms with E-state index in [1.807, 2.05) is 0 Å². The Morgan fingerprint density at radius 1 is 1.40 bits per heavy atom. The van der Waals surface area contributed by atoms with E-state index >= 15 is 0 Å². The highest BCUT2D eigenvalue weighted by atomic mass is 32.2. The highest BCUT2D eigenvalue weighted by molar-refractivity contribution is 7.99. The zero-order chi connectivity index (χ0) is 14.5. The molecule has 0 aliphatic heterocycles. The number of nitrogens with zero attached hydrogens (tertiary/aromatic N) is 1. The Labute approximate surface area is 117 Å². The number of nitrogens with one attached hydrogen (secondary N) is 2. The number of carboxylic acid groups (broad SMARTS) is 1. The van der Waals surface area contributed by atoms with Gasteiger partial charge in [-0.15, -0.1) is 0 Å². The Morgan fingerprint density at radius 2 is 2.15 bits per heavy atom. The molecule has 2 rings (SSSR count). The van der Waals surface area contributed by atoms with Crippen LogP contribution < -0.4 is 5.32 Å². The van der Waals surface area contributed by atoms with E-state index in [4.69, 9.17) is 5.11 Å². The third kappa shape index (κ3) is 3.58. The molecule has 0 saturated heterocycles. The number of carboxylic acids is 1. The molecule has 104 valence electrons. The summed E-state index contributed by atoms with van der Waals surface area (Å²) in [4.78, 5) is 28.6. The second-order valence-corrected chi connectivity index (χ2v) is 4.68. The van der Waals surface area contributed by atoms with Gasteiger partial charge in [0.05, 0.1) is 11.4 Å². The van der Waals surface area contributed by atoms with Gasteiger partial charge in [0.25, 0.3) is 0 Å². The summed E-state index contributed by atoms with van der Waals surface area (Å²) in [6, 6.07) is 5.83. The van der Waals surface area contributed by atoms with Gasteiger partial charge in [0, 0.05) is 6.20 Å². The first-order chi connectivity index (χ1) is 9.56. The van der Waals surface area contributed by atoms with Gasteiger partial charge in [0.15, 0.2) is 10.9 Å². The maximum atomic E-state index is 13.3. The number of imidazole rings is 1. The van der Waals surface area contributed by atoms with Crippen molar-refractivity contribution in [2.75, 3.05) is 11.1 Å². The van der Waals surface area contributed by atoms with Crippen molar-refractivity contribution in [1.82, 2.24) is 9.97 Å². The second-order valence-electron chi connectivity index (χ2n) is 3.71. The molecule has 0 fully saturated rings. The van der Waals surface area contributed by atoms with E-state index in [-0.39, 0.29) is 17.1 Å². The van der Waals surface area contributed by atoms with Crippen LogP contribution in [0.3, 0.4) is 0 Å². The Morgan fingerprint density at radius 3 is 2.80 bits per heavy atom. The molecule has 1 heterocycles. The van der Waals surface area contributed by atoms with E-state index in [9.17, 15) is 14.0 Å². The molecule has 0 bridgehead atoms. The fraction of sp³-hybridized carbons (Fsp3) is 0.0833. The molecular formula is C12H10FN3O3S. The van der Waals surface area contributed by atoms with E-state index in [1.165, 1.54) is 24.4 Å². The van der Waals surface area contributed by atoms with Crippen molar-refractivity contribution in [2.24, 2.45) is 0 Å². The highest BCUT2D eigenvalue weighted by Gasteiger charge is 2.11. The molecule has 0 unspecified atom stereocenters. The number of benzene rings is 1. The normalized spacial score (nSPS) is 10.2. The van der Waals surface area contributed by atoms with Gasteiger partial charge in [-0.2, -0.15) is 0 Å².